The van der Waals surface area contributed by atoms with Gasteiger partial charge in [0.15, 0.2) is 5.82 Å². The van der Waals surface area contributed by atoms with Crippen molar-refractivity contribution in [2.24, 2.45) is 0 Å². The number of anilines is 1. The molecule has 1 aromatic carbocycles. The molecule has 0 aliphatic carbocycles. The number of carboxylic acid groups (broad SMARTS) is 1. The number of aromatic nitrogens is 3. The Hall–Kier alpha value is -3.20. The maximum Gasteiger partial charge on any atom is 0.290 e. The highest BCUT2D eigenvalue weighted by Gasteiger charge is 2.21. The Balaban J connectivity index is 0.000000858. The summed E-state index contributed by atoms with van der Waals surface area (Å²) in [6.45, 7) is 3.57. The van der Waals surface area contributed by atoms with Gasteiger partial charge < -0.3 is 15.3 Å². The van der Waals surface area contributed by atoms with Crippen LogP contribution in [0.25, 0.3) is 22.0 Å². The smallest absolute Gasteiger partial charge is 0.290 e. The molecule has 31 heavy (non-hydrogen) atoms. The summed E-state index contributed by atoms with van der Waals surface area (Å²) in [6.07, 6.45) is 2.98. The van der Waals surface area contributed by atoms with Gasteiger partial charge in [-0.1, -0.05) is 17.7 Å². The van der Waals surface area contributed by atoms with Crippen molar-refractivity contribution in [3.63, 3.8) is 0 Å². The predicted octanol–water partition coefficient (Wildman–Crippen LogP) is 4.14. The number of carbonyl (C=O) groups is 1. The molecule has 0 unspecified atom stereocenters. The van der Waals surface area contributed by atoms with Crippen LogP contribution in [0.4, 0.5) is 14.6 Å². The molecule has 2 aromatic heterocycles. The topological polar surface area (TPSA) is 91.2 Å². The lowest BCUT2D eigenvalue weighted by molar-refractivity contribution is -0.122. The van der Waals surface area contributed by atoms with Gasteiger partial charge in [0.05, 0.1) is 0 Å². The molecule has 3 heterocycles. The van der Waals surface area contributed by atoms with Gasteiger partial charge in [-0.05, 0) is 45.5 Å². The summed E-state index contributed by atoms with van der Waals surface area (Å²) < 4.78 is 27.3. The standard InChI is InChI=1S/C21H23F2N5.CH2O2/c1-13-5-6-15(17(10-13)20(22)23)19-16-7-8-24-11-18(16)21(27-26-19)25-14-4-3-9-28(2)12-14;2-1-3/h5-8,10-11,14,20H,3-4,9,12H2,1-2H3,(H,25,27);1H,(H,2,3)/t14-;/m1./s1. The van der Waals surface area contributed by atoms with Crippen molar-refractivity contribution in [3.8, 4) is 11.3 Å². The fraction of sp³-hybridized carbons (Fsp3) is 0.364. The Bertz CT molecular complexity index is 1050. The molecule has 0 amide bonds. The van der Waals surface area contributed by atoms with Gasteiger partial charge in [0.2, 0.25) is 0 Å². The zero-order valence-electron chi connectivity index (χ0n) is 17.4. The van der Waals surface area contributed by atoms with E-state index in [9.17, 15) is 8.78 Å². The minimum Gasteiger partial charge on any atom is -0.483 e. The van der Waals surface area contributed by atoms with Gasteiger partial charge in [-0.15, -0.1) is 10.2 Å². The number of aryl methyl sites for hydroxylation is 1. The van der Waals surface area contributed by atoms with Crippen LogP contribution in [0.15, 0.2) is 36.7 Å². The second kappa shape index (κ2) is 10.2. The lowest BCUT2D eigenvalue weighted by Gasteiger charge is -2.30. The van der Waals surface area contributed by atoms with Gasteiger partial charge in [0.1, 0.15) is 5.69 Å². The average molecular weight is 429 g/mol. The number of rotatable bonds is 4. The monoisotopic (exact) mass is 429 g/mol. The van der Waals surface area contributed by atoms with Crippen LogP contribution in [0, 0.1) is 6.92 Å². The fourth-order valence-corrected chi connectivity index (χ4v) is 3.86. The van der Waals surface area contributed by atoms with Crippen molar-refractivity contribution in [1.82, 2.24) is 20.1 Å². The van der Waals surface area contributed by atoms with Gasteiger partial charge in [0.25, 0.3) is 12.9 Å². The summed E-state index contributed by atoms with van der Waals surface area (Å²) in [7, 11) is 2.10. The molecule has 0 saturated carbocycles. The van der Waals surface area contributed by atoms with E-state index in [1.807, 2.05) is 12.1 Å². The first-order chi connectivity index (χ1) is 14.9. The molecule has 164 valence electrons. The molecule has 0 spiro atoms. The van der Waals surface area contributed by atoms with E-state index in [-0.39, 0.29) is 18.1 Å². The lowest BCUT2D eigenvalue weighted by Crippen LogP contribution is -2.40. The van der Waals surface area contributed by atoms with Crippen LogP contribution < -0.4 is 5.32 Å². The molecule has 0 bridgehead atoms. The first-order valence-corrected chi connectivity index (χ1v) is 9.97. The second-order valence-corrected chi connectivity index (χ2v) is 7.56. The highest BCUT2D eigenvalue weighted by molar-refractivity contribution is 6.00. The Morgan fingerprint density at radius 2 is 2.03 bits per heavy atom. The summed E-state index contributed by atoms with van der Waals surface area (Å²) in [5.41, 5.74) is 1.63. The van der Waals surface area contributed by atoms with Gasteiger partial charge >= 0.3 is 0 Å². The van der Waals surface area contributed by atoms with E-state index in [0.29, 0.717) is 17.1 Å². The number of likely N-dealkylation sites (N-methyl/N-ethyl adjacent to an activating group) is 1. The van der Waals surface area contributed by atoms with E-state index < -0.39 is 6.43 Å². The lowest BCUT2D eigenvalue weighted by atomic mass is 9.99. The summed E-state index contributed by atoms with van der Waals surface area (Å²) in [6, 6.07) is 7.12. The molecule has 7 nitrogen and oxygen atoms in total. The first-order valence-electron chi connectivity index (χ1n) is 9.97. The maximum absolute atomic E-state index is 13.6. The van der Waals surface area contributed by atoms with Crippen molar-refractivity contribution in [2.45, 2.75) is 32.2 Å². The number of pyridine rings is 1. The third-order valence-electron chi connectivity index (χ3n) is 5.24. The highest BCUT2D eigenvalue weighted by atomic mass is 19.3. The van der Waals surface area contributed by atoms with Crippen LogP contribution in [-0.4, -0.2) is 57.8 Å². The number of nitrogens with zero attached hydrogens (tertiary/aromatic N) is 4. The van der Waals surface area contributed by atoms with Gasteiger partial charge in [-0.3, -0.25) is 9.78 Å². The molecule has 3 aromatic rings. The Labute approximate surface area is 179 Å². The highest BCUT2D eigenvalue weighted by Crippen LogP contribution is 2.35. The van der Waals surface area contributed by atoms with Crippen molar-refractivity contribution in [3.05, 3.63) is 47.8 Å². The SMILES string of the molecule is Cc1ccc(-c2nnc(N[C@@H]3CCCN(C)C3)c3cnccc23)c(C(F)F)c1.O=CO. The van der Waals surface area contributed by atoms with Crippen LogP contribution in [0.5, 0.6) is 0 Å². The number of halogens is 2. The number of nitrogens with one attached hydrogen (secondary N) is 1. The number of hydrogen-bond acceptors (Lipinski definition) is 6. The second-order valence-electron chi connectivity index (χ2n) is 7.56. The van der Waals surface area contributed by atoms with Gasteiger partial charge in [-0.25, -0.2) is 8.78 Å². The molecule has 9 heteroatoms. The van der Waals surface area contributed by atoms with Crippen molar-refractivity contribution < 1.29 is 18.7 Å². The summed E-state index contributed by atoms with van der Waals surface area (Å²) in [4.78, 5) is 14.9. The van der Waals surface area contributed by atoms with E-state index in [4.69, 9.17) is 9.90 Å². The average Bonchev–Trinajstić information content (AvgIpc) is 2.75. The molecular weight excluding hydrogens is 404 g/mol. The van der Waals surface area contributed by atoms with Crippen LogP contribution in [0.1, 0.15) is 30.4 Å². The minimum atomic E-state index is -2.58. The van der Waals surface area contributed by atoms with E-state index >= 15 is 0 Å². The number of hydrogen-bond donors (Lipinski definition) is 2. The summed E-state index contributed by atoms with van der Waals surface area (Å²) >= 11 is 0. The molecule has 1 aliphatic heterocycles. The Morgan fingerprint density at radius 1 is 1.26 bits per heavy atom. The van der Waals surface area contributed by atoms with E-state index in [0.717, 1.165) is 42.3 Å². The molecule has 0 radical (unpaired) electrons. The Kier molecular flexibility index (Phi) is 7.41. The van der Waals surface area contributed by atoms with Crippen LogP contribution in [-0.2, 0) is 4.79 Å². The largest absolute Gasteiger partial charge is 0.483 e. The molecule has 1 aliphatic rings. The molecule has 1 fully saturated rings. The third-order valence-corrected chi connectivity index (χ3v) is 5.24. The first kappa shape index (κ1) is 22.5. The van der Waals surface area contributed by atoms with Crippen LogP contribution >= 0.6 is 0 Å². The molecule has 1 saturated heterocycles. The minimum absolute atomic E-state index is 0.0259. The normalized spacial score (nSPS) is 16.6. The molecule has 1 atom stereocenters. The van der Waals surface area contributed by atoms with Crippen LogP contribution in [0.3, 0.4) is 0 Å². The van der Waals surface area contributed by atoms with Crippen molar-refractivity contribution >= 4 is 23.1 Å². The predicted molar refractivity (Wildman–Crippen MR) is 115 cm³/mol. The van der Waals surface area contributed by atoms with E-state index in [2.05, 4.69) is 32.4 Å². The van der Waals surface area contributed by atoms with Crippen LogP contribution in [0.2, 0.25) is 0 Å². The number of fused-ring (bicyclic) bond motifs is 1. The summed E-state index contributed by atoms with van der Waals surface area (Å²) in [5, 5.41) is 20.6. The number of piperidine rings is 1. The maximum atomic E-state index is 13.6. The number of alkyl halides is 2. The van der Waals surface area contributed by atoms with Crippen molar-refractivity contribution in [2.75, 3.05) is 25.5 Å². The zero-order chi connectivity index (χ0) is 22.4. The van der Waals surface area contributed by atoms with Gasteiger partial charge in [-0.2, -0.15) is 0 Å². The molecular formula is C22H25F2N5O2. The number of likely N-dealkylation sites (tertiary alicyclic amines) is 1. The Morgan fingerprint density at radius 3 is 2.74 bits per heavy atom. The quantitative estimate of drug-likeness (QED) is 0.602. The third kappa shape index (κ3) is 5.29. The van der Waals surface area contributed by atoms with Gasteiger partial charge in [0, 0.05) is 46.9 Å². The van der Waals surface area contributed by atoms with E-state index in [1.165, 1.54) is 6.07 Å². The van der Waals surface area contributed by atoms with E-state index in [1.54, 1.807) is 25.4 Å². The zero-order valence-corrected chi connectivity index (χ0v) is 17.4. The summed E-state index contributed by atoms with van der Waals surface area (Å²) in [5.74, 6) is 0.651. The van der Waals surface area contributed by atoms with Crippen molar-refractivity contribution in [1.29, 1.82) is 0 Å². The molecule has 4 rings (SSSR count). The molecule has 2 N–H and O–H groups in total. The fourth-order valence-electron chi connectivity index (χ4n) is 3.86. The number of benzene rings is 1.